The summed E-state index contributed by atoms with van der Waals surface area (Å²) in [5, 5.41) is 8.78. The highest BCUT2D eigenvalue weighted by Crippen LogP contribution is 2.28. The van der Waals surface area contributed by atoms with Crippen LogP contribution in [0.4, 0.5) is 5.13 Å². The number of benzene rings is 1. The van der Waals surface area contributed by atoms with Gasteiger partial charge in [-0.2, -0.15) is 0 Å². The van der Waals surface area contributed by atoms with E-state index in [0.29, 0.717) is 24.8 Å². The molecule has 0 saturated carbocycles. The molecule has 0 spiro atoms. The van der Waals surface area contributed by atoms with Crippen LogP contribution in [0.1, 0.15) is 32.8 Å². The summed E-state index contributed by atoms with van der Waals surface area (Å²) in [7, 11) is 0. The maximum atomic E-state index is 12.1. The summed E-state index contributed by atoms with van der Waals surface area (Å²) in [6.07, 6.45) is 0.398. The van der Waals surface area contributed by atoms with Crippen LogP contribution in [0.3, 0.4) is 0 Å². The Hall–Kier alpha value is -1.76. The number of morpholine rings is 1. The molecule has 6 heteroatoms. The number of nitrogens with zero attached hydrogens (tertiary/aromatic N) is 1. The third-order valence-corrected chi connectivity index (χ3v) is 4.99. The Kier molecular flexibility index (Phi) is 5.51. The van der Waals surface area contributed by atoms with Gasteiger partial charge in [-0.25, -0.2) is 4.98 Å². The zero-order chi connectivity index (χ0) is 17.9. The predicted octanol–water partition coefficient (Wildman–Crippen LogP) is 3.42. The molecular formula is C19H25N3O2S. The lowest BCUT2D eigenvalue weighted by Gasteiger charge is -2.22. The molecule has 25 heavy (non-hydrogen) atoms. The van der Waals surface area contributed by atoms with Crippen LogP contribution in [0.15, 0.2) is 29.6 Å². The van der Waals surface area contributed by atoms with Crippen molar-refractivity contribution >= 4 is 22.4 Å². The minimum absolute atomic E-state index is 0.0352. The molecule has 1 unspecified atom stereocenters. The number of rotatable bonds is 4. The zero-order valence-corrected chi connectivity index (χ0v) is 15.8. The highest BCUT2D eigenvalue weighted by Gasteiger charge is 2.18. The minimum Gasteiger partial charge on any atom is -0.378 e. The number of amides is 1. The first-order valence-corrected chi connectivity index (χ1v) is 9.47. The van der Waals surface area contributed by atoms with E-state index in [9.17, 15) is 4.79 Å². The average Bonchev–Trinajstić information content (AvgIpc) is 3.03. The van der Waals surface area contributed by atoms with Crippen molar-refractivity contribution in [1.29, 1.82) is 0 Å². The van der Waals surface area contributed by atoms with Crippen molar-refractivity contribution in [3.05, 3.63) is 35.2 Å². The summed E-state index contributed by atoms with van der Waals surface area (Å²) in [5.74, 6) is -0.0352. The van der Waals surface area contributed by atoms with Crippen LogP contribution in [-0.2, 0) is 14.9 Å². The van der Waals surface area contributed by atoms with Gasteiger partial charge in [-0.15, -0.1) is 11.3 Å². The first-order chi connectivity index (χ1) is 11.9. The number of hydrogen-bond donors (Lipinski definition) is 2. The van der Waals surface area contributed by atoms with E-state index in [1.54, 1.807) is 0 Å². The fourth-order valence-corrected chi connectivity index (χ4v) is 3.49. The van der Waals surface area contributed by atoms with E-state index in [2.05, 4.69) is 60.7 Å². The third kappa shape index (κ3) is 4.87. The molecule has 1 aromatic heterocycles. The largest absolute Gasteiger partial charge is 0.378 e. The molecule has 3 rings (SSSR count). The topological polar surface area (TPSA) is 63.2 Å². The molecule has 1 atom stereocenters. The molecule has 1 amide bonds. The van der Waals surface area contributed by atoms with E-state index in [4.69, 9.17) is 4.74 Å². The van der Waals surface area contributed by atoms with Gasteiger partial charge in [-0.05, 0) is 11.0 Å². The van der Waals surface area contributed by atoms with Crippen molar-refractivity contribution in [2.45, 2.75) is 38.6 Å². The number of carbonyl (C=O) groups is 1. The van der Waals surface area contributed by atoms with E-state index in [1.165, 1.54) is 16.9 Å². The predicted molar refractivity (Wildman–Crippen MR) is 102 cm³/mol. The van der Waals surface area contributed by atoms with Gasteiger partial charge in [0.05, 0.1) is 18.9 Å². The van der Waals surface area contributed by atoms with Crippen LogP contribution in [0.5, 0.6) is 0 Å². The van der Waals surface area contributed by atoms with Crippen LogP contribution in [0.25, 0.3) is 11.3 Å². The van der Waals surface area contributed by atoms with Gasteiger partial charge in [0.15, 0.2) is 5.13 Å². The van der Waals surface area contributed by atoms with Crippen LogP contribution in [0, 0.1) is 0 Å². The van der Waals surface area contributed by atoms with Crippen molar-refractivity contribution in [3.63, 3.8) is 0 Å². The van der Waals surface area contributed by atoms with E-state index >= 15 is 0 Å². The molecule has 1 fully saturated rings. The van der Waals surface area contributed by atoms with Crippen LogP contribution >= 0.6 is 11.3 Å². The minimum atomic E-state index is -0.0352. The lowest BCUT2D eigenvalue weighted by Crippen LogP contribution is -2.43. The van der Waals surface area contributed by atoms with Crippen LogP contribution < -0.4 is 10.6 Å². The second-order valence-electron chi connectivity index (χ2n) is 7.34. The maximum absolute atomic E-state index is 12.1. The Morgan fingerprint density at radius 2 is 2.12 bits per heavy atom. The summed E-state index contributed by atoms with van der Waals surface area (Å²) in [6, 6.07) is 8.54. The number of carbonyl (C=O) groups excluding carboxylic acids is 1. The number of aromatic nitrogens is 1. The van der Waals surface area contributed by atoms with Crippen molar-refractivity contribution in [1.82, 2.24) is 10.3 Å². The molecule has 5 nitrogen and oxygen atoms in total. The van der Waals surface area contributed by atoms with Gasteiger partial charge in [0.2, 0.25) is 5.91 Å². The quantitative estimate of drug-likeness (QED) is 0.878. The summed E-state index contributed by atoms with van der Waals surface area (Å²) >= 11 is 1.45. The molecular weight excluding hydrogens is 334 g/mol. The first kappa shape index (κ1) is 18.0. The molecule has 2 heterocycles. The normalized spacial score (nSPS) is 18.1. The molecule has 1 aromatic carbocycles. The number of thiazole rings is 1. The van der Waals surface area contributed by atoms with Gasteiger partial charge < -0.3 is 15.4 Å². The van der Waals surface area contributed by atoms with Gasteiger partial charge in [-0.1, -0.05) is 45.0 Å². The molecule has 134 valence electrons. The molecule has 1 aliphatic heterocycles. The van der Waals surface area contributed by atoms with Crippen LogP contribution in [-0.4, -0.2) is 36.7 Å². The first-order valence-electron chi connectivity index (χ1n) is 8.59. The van der Waals surface area contributed by atoms with Crippen molar-refractivity contribution in [2.75, 3.05) is 25.1 Å². The molecule has 2 N–H and O–H groups in total. The fourth-order valence-electron chi connectivity index (χ4n) is 2.75. The smallest absolute Gasteiger partial charge is 0.227 e. The molecule has 1 aliphatic rings. The Labute approximate surface area is 152 Å². The maximum Gasteiger partial charge on any atom is 0.227 e. The highest BCUT2D eigenvalue weighted by atomic mass is 32.1. The number of anilines is 1. The van der Waals surface area contributed by atoms with Gasteiger partial charge in [0.25, 0.3) is 0 Å². The highest BCUT2D eigenvalue weighted by molar-refractivity contribution is 7.14. The van der Waals surface area contributed by atoms with E-state index in [1.807, 2.05) is 5.38 Å². The standard InChI is InChI=1S/C19H25N3O2S/c1-19(2,3)14-6-4-13(5-7-14)16-12-25-18(21-16)22-17(23)10-15-11-24-9-8-20-15/h4-7,12,15,20H,8-11H2,1-3H3,(H,21,22,23). The van der Waals surface area contributed by atoms with Crippen LogP contribution in [0.2, 0.25) is 0 Å². The SMILES string of the molecule is CC(C)(C)c1ccc(-c2csc(NC(=O)CC3COCCN3)n2)cc1. The van der Waals surface area contributed by atoms with Crippen molar-refractivity contribution < 1.29 is 9.53 Å². The lowest BCUT2D eigenvalue weighted by atomic mass is 9.86. The monoisotopic (exact) mass is 359 g/mol. The Morgan fingerprint density at radius 3 is 2.76 bits per heavy atom. The average molecular weight is 359 g/mol. The number of hydrogen-bond acceptors (Lipinski definition) is 5. The number of ether oxygens (including phenoxy) is 1. The summed E-state index contributed by atoms with van der Waals surface area (Å²) in [4.78, 5) is 16.7. The van der Waals surface area contributed by atoms with Crippen molar-refractivity contribution in [3.8, 4) is 11.3 Å². The molecule has 2 aromatic rings. The Morgan fingerprint density at radius 1 is 1.36 bits per heavy atom. The summed E-state index contributed by atoms with van der Waals surface area (Å²) < 4.78 is 5.37. The van der Waals surface area contributed by atoms with Gasteiger partial charge in [-0.3, -0.25) is 4.79 Å². The molecule has 0 bridgehead atoms. The summed E-state index contributed by atoms with van der Waals surface area (Å²) in [6.45, 7) is 8.68. The molecule has 1 saturated heterocycles. The Bertz CT molecular complexity index is 713. The lowest BCUT2D eigenvalue weighted by molar-refractivity contribution is -0.117. The van der Waals surface area contributed by atoms with E-state index in [0.717, 1.165) is 17.8 Å². The Balaban J connectivity index is 1.61. The molecule has 0 aliphatic carbocycles. The van der Waals surface area contributed by atoms with Gasteiger partial charge >= 0.3 is 0 Å². The zero-order valence-electron chi connectivity index (χ0n) is 15.0. The van der Waals surface area contributed by atoms with Gasteiger partial charge in [0.1, 0.15) is 0 Å². The molecule has 0 radical (unpaired) electrons. The van der Waals surface area contributed by atoms with Crippen molar-refractivity contribution in [2.24, 2.45) is 0 Å². The second kappa shape index (κ2) is 7.64. The van der Waals surface area contributed by atoms with E-state index < -0.39 is 0 Å². The van der Waals surface area contributed by atoms with Gasteiger partial charge in [0, 0.05) is 30.0 Å². The number of nitrogens with one attached hydrogen (secondary N) is 2. The fraction of sp³-hybridized carbons (Fsp3) is 0.474. The summed E-state index contributed by atoms with van der Waals surface area (Å²) in [5.41, 5.74) is 3.38. The second-order valence-corrected chi connectivity index (χ2v) is 8.20. The van der Waals surface area contributed by atoms with E-state index in [-0.39, 0.29) is 17.4 Å². The third-order valence-electron chi connectivity index (χ3n) is 4.23.